The van der Waals surface area contributed by atoms with Gasteiger partial charge in [0.1, 0.15) is 5.75 Å². The molecule has 122 valence electrons. The Morgan fingerprint density at radius 1 is 1.00 bits per heavy atom. The predicted octanol–water partition coefficient (Wildman–Crippen LogP) is 5.12. The standard InChI is InChI=1S/C17H16Cl3NO2/c18-13-5-3-12(4-6-13)11-21-17(22)2-1-9-23-16-8-7-14(19)10-15(16)20/h3-8,10H,1-2,9,11H2,(H,21,22). The van der Waals surface area contributed by atoms with Crippen LogP contribution in [0.4, 0.5) is 0 Å². The lowest BCUT2D eigenvalue weighted by Crippen LogP contribution is -2.22. The lowest BCUT2D eigenvalue weighted by Gasteiger charge is -2.09. The van der Waals surface area contributed by atoms with Gasteiger partial charge >= 0.3 is 0 Å². The molecule has 0 aliphatic rings. The van der Waals surface area contributed by atoms with E-state index >= 15 is 0 Å². The van der Waals surface area contributed by atoms with Crippen LogP contribution in [-0.4, -0.2) is 12.5 Å². The Hall–Kier alpha value is -1.42. The van der Waals surface area contributed by atoms with E-state index in [1.165, 1.54) is 0 Å². The van der Waals surface area contributed by atoms with Crippen molar-refractivity contribution in [1.82, 2.24) is 5.32 Å². The topological polar surface area (TPSA) is 38.3 Å². The summed E-state index contributed by atoms with van der Waals surface area (Å²) in [5, 5.41) is 4.56. The van der Waals surface area contributed by atoms with Crippen LogP contribution in [0.1, 0.15) is 18.4 Å². The molecule has 0 fully saturated rings. The van der Waals surface area contributed by atoms with Gasteiger partial charge in [0.25, 0.3) is 0 Å². The SMILES string of the molecule is O=C(CCCOc1ccc(Cl)cc1Cl)NCc1ccc(Cl)cc1. The Balaban J connectivity index is 1.65. The molecule has 0 unspecified atom stereocenters. The van der Waals surface area contributed by atoms with Gasteiger partial charge in [-0.05, 0) is 42.3 Å². The zero-order valence-electron chi connectivity index (χ0n) is 12.3. The van der Waals surface area contributed by atoms with E-state index in [4.69, 9.17) is 39.5 Å². The second-order valence-electron chi connectivity index (χ2n) is 4.93. The zero-order valence-corrected chi connectivity index (χ0v) is 14.6. The number of amides is 1. The highest BCUT2D eigenvalue weighted by Crippen LogP contribution is 2.27. The zero-order chi connectivity index (χ0) is 16.7. The summed E-state index contributed by atoms with van der Waals surface area (Å²) in [5.41, 5.74) is 1.01. The van der Waals surface area contributed by atoms with Gasteiger partial charge in [-0.1, -0.05) is 46.9 Å². The van der Waals surface area contributed by atoms with Gasteiger partial charge in [-0.15, -0.1) is 0 Å². The van der Waals surface area contributed by atoms with Gasteiger partial charge in [-0.25, -0.2) is 0 Å². The number of halogens is 3. The molecule has 1 N–H and O–H groups in total. The van der Waals surface area contributed by atoms with Crippen molar-refractivity contribution in [3.8, 4) is 5.75 Å². The number of carbonyl (C=O) groups excluding carboxylic acids is 1. The first-order valence-corrected chi connectivity index (χ1v) is 8.27. The smallest absolute Gasteiger partial charge is 0.220 e. The van der Waals surface area contributed by atoms with Crippen molar-refractivity contribution in [2.75, 3.05) is 6.61 Å². The Labute approximate surface area is 150 Å². The third kappa shape index (κ3) is 6.30. The fraction of sp³-hybridized carbons (Fsp3) is 0.235. The second kappa shape index (κ2) is 9.02. The molecule has 23 heavy (non-hydrogen) atoms. The maximum absolute atomic E-state index is 11.8. The van der Waals surface area contributed by atoms with Crippen molar-refractivity contribution >= 4 is 40.7 Å². The summed E-state index contributed by atoms with van der Waals surface area (Å²) in [4.78, 5) is 11.8. The Kier molecular flexibility index (Phi) is 7.03. The van der Waals surface area contributed by atoms with Crippen molar-refractivity contribution in [2.45, 2.75) is 19.4 Å². The molecule has 2 aromatic carbocycles. The third-order valence-corrected chi connectivity index (χ3v) is 3.89. The number of hydrogen-bond donors (Lipinski definition) is 1. The van der Waals surface area contributed by atoms with Gasteiger partial charge < -0.3 is 10.1 Å². The highest BCUT2D eigenvalue weighted by molar-refractivity contribution is 6.35. The van der Waals surface area contributed by atoms with Crippen LogP contribution in [0.3, 0.4) is 0 Å². The molecule has 0 saturated heterocycles. The second-order valence-corrected chi connectivity index (χ2v) is 6.21. The van der Waals surface area contributed by atoms with Crippen LogP contribution in [0, 0.1) is 0 Å². The average molecular weight is 373 g/mol. The summed E-state index contributed by atoms with van der Waals surface area (Å²) in [7, 11) is 0. The quantitative estimate of drug-likeness (QED) is 0.685. The Morgan fingerprint density at radius 3 is 2.39 bits per heavy atom. The number of hydrogen-bond acceptors (Lipinski definition) is 2. The fourth-order valence-corrected chi connectivity index (χ4v) is 2.49. The molecule has 0 radical (unpaired) electrons. The highest BCUT2D eigenvalue weighted by atomic mass is 35.5. The third-order valence-electron chi connectivity index (χ3n) is 3.10. The van der Waals surface area contributed by atoms with Crippen LogP contribution in [-0.2, 0) is 11.3 Å². The molecule has 1 amide bonds. The summed E-state index contributed by atoms with van der Waals surface area (Å²) in [6, 6.07) is 12.4. The Bertz CT molecular complexity index is 659. The van der Waals surface area contributed by atoms with Gasteiger partial charge in [0.05, 0.1) is 11.6 Å². The molecule has 6 heteroatoms. The molecule has 0 bridgehead atoms. The summed E-state index contributed by atoms with van der Waals surface area (Å²) in [6.07, 6.45) is 0.990. The molecule has 2 rings (SSSR count). The highest BCUT2D eigenvalue weighted by Gasteiger charge is 2.04. The van der Waals surface area contributed by atoms with E-state index in [-0.39, 0.29) is 5.91 Å². The average Bonchev–Trinajstić information content (AvgIpc) is 2.52. The molecule has 2 aromatic rings. The van der Waals surface area contributed by atoms with Crippen molar-refractivity contribution in [1.29, 1.82) is 0 Å². The van der Waals surface area contributed by atoms with Crippen LogP contribution >= 0.6 is 34.8 Å². The van der Waals surface area contributed by atoms with Gasteiger partial charge in [-0.3, -0.25) is 4.79 Å². The van der Waals surface area contributed by atoms with Crippen LogP contribution in [0.2, 0.25) is 15.1 Å². The lowest BCUT2D eigenvalue weighted by molar-refractivity contribution is -0.121. The van der Waals surface area contributed by atoms with Gasteiger partial charge in [0.2, 0.25) is 5.91 Å². The van der Waals surface area contributed by atoms with E-state index in [9.17, 15) is 4.79 Å². The fourth-order valence-electron chi connectivity index (χ4n) is 1.90. The summed E-state index contributed by atoms with van der Waals surface area (Å²) >= 11 is 17.6. The van der Waals surface area contributed by atoms with Gasteiger partial charge in [-0.2, -0.15) is 0 Å². The van der Waals surface area contributed by atoms with Crippen molar-refractivity contribution in [2.24, 2.45) is 0 Å². The first-order chi connectivity index (χ1) is 11.0. The minimum absolute atomic E-state index is 0.0225. The number of rotatable bonds is 7. The Morgan fingerprint density at radius 2 is 1.70 bits per heavy atom. The first kappa shape index (κ1) is 17.9. The van der Waals surface area contributed by atoms with E-state index < -0.39 is 0 Å². The van der Waals surface area contributed by atoms with Gasteiger partial charge in [0.15, 0.2) is 0 Å². The molecule has 0 aliphatic carbocycles. The van der Waals surface area contributed by atoms with Gasteiger partial charge in [0, 0.05) is 23.0 Å². The molecule has 3 nitrogen and oxygen atoms in total. The number of nitrogens with one attached hydrogen (secondary N) is 1. The summed E-state index contributed by atoms with van der Waals surface area (Å²) in [6.45, 7) is 0.898. The lowest BCUT2D eigenvalue weighted by atomic mass is 10.2. The van der Waals surface area contributed by atoms with Crippen LogP contribution in [0.5, 0.6) is 5.75 Å². The minimum atomic E-state index is -0.0225. The van der Waals surface area contributed by atoms with E-state index in [0.29, 0.717) is 46.8 Å². The maximum Gasteiger partial charge on any atom is 0.220 e. The molecule has 0 heterocycles. The van der Waals surface area contributed by atoms with Crippen molar-refractivity contribution in [3.63, 3.8) is 0 Å². The molecule has 0 spiro atoms. The molecular weight excluding hydrogens is 357 g/mol. The predicted molar refractivity (Wildman–Crippen MR) is 94.5 cm³/mol. The van der Waals surface area contributed by atoms with E-state index in [1.807, 2.05) is 12.1 Å². The number of benzene rings is 2. The largest absolute Gasteiger partial charge is 0.492 e. The van der Waals surface area contributed by atoms with Crippen molar-refractivity contribution in [3.05, 3.63) is 63.1 Å². The number of ether oxygens (including phenoxy) is 1. The van der Waals surface area contributed by atoms with Crippen LogP contribution in [0.25, 0.3) is 0 Å². The molecular formula is C17H16Cl3NO2. The van der Waals surface area contributed by atoms with Crippen LogP contribution in [0.15, 0.2) is 42.5 Å². The van der Waals surface area contributed by atoms with Crippen molar-refractivity contribution < 1.29 is 9.53 Å². The van der Waals surface area contributed by atoms with E-state index in [1.54, 1.807) is 30.3 Å². The molecule has 0 saturated carbocycles. The molecule has 0 aliphatic heterocycles. The minimum Gasteiger partial charge on any atom is -0.492 e. The molecule has 0 atom stereocenters. The van der Waals surface area contributed by atoms with Crippen LogP contribution < -0.4 is 10.1 Å². The first-order valence-electron chi connectivity index (χ1n) is 7.13. The number of carbonyl (C=O) groups is 1. The van der Waals surface area contributed by atoms with E-state index in [0.717, 1.165) is 5.56 Å². The summed E-state index contributed by atoms with van der Waals surface area (Å²) < 4.78 is 5.53. The normalized spacial score (nSPS) is 10.4. The van der Waals surface area contributed by atoms with E-state index in [2.05, 4.69) is 5.32 Å². The molecule has 0 aromatic heterocycles. The monoisotopic (exact) mass is 371 g/mol. The maximum atomic E-state index is 11.8. The summed E-state index contributed by atoms with van der Waals surface area (Å²) in [5.74, 6) is 0.545.